The molecular formula is C22H22ClN5O2. The second kappa shape index (κ2) is 8.20. The molecule has 2 aromatic carbocycles. The minimum absolute atomic E-state index is 0.0449. The Morgan fingerprint density at radius 1 is 1.10 bits per heavy atom. The quantitative estimate of drug-likeness (QED) is 0.501. The molecule has 0 aliphatic rings. The molecular weight excluding hydrogens is 402 g/mol. The van der Waals surface area contributed by atoms with Crippen LogP contribution in [0.1, 0.15) is 16.2 Å². The Hall–Kier alpha value is -3.32. The predicted octanol–water partition coefficient (Wildman–Crippen LogP) is 4.25. The fourth-order valence-corrected chi connectivity index (χ4v) is 3.36. The first-order valence-corrected chi connectivity index (χ1v) is 9.92. The number of carbonyl (C=O) groups excluding carboxylic acids is 1. The molecule has 1 N–H and O–H groups in total. The molecule has 0 unspecified atom stereocenters. The van der Waals surface area contributed by atoms with Crippen LogP contribution in [0.15, 0.2) is 53.1 Å². The molecule has 2 heterocycles. The van der Waals surface area contributed by atoms with Gasteiger partial charge in [0.05, 0.1) is 0 Å². The zero-order chi connectivity index (χ0) is 21.3. The monoisotopic (exact) mass is 423 g/mol. The summed E-state index contributed by atoms with van der Waals surface area (Å²) in [6, 6.07) is 15.1. The molecule has 0 radical (unpaired) electrons. The molecule has 1 amide bonds. The van der Waals surface area contributed by atoms with Gasteiger partial charge in [-0.15, -0.1) is 0 Å². The van der Waals surface area contributed by atoms with E-state index in [1.54, 1.807) is 11.9 Å². The van der Waals surface area contributed by atoms with Crippen molar-refractivity contribution in [1.29, 1.82) is 0 Å². The number of anilines is 1. The fourth-order valence-electron chi connectivity index (χ4n) is 3.18. The van der Waals surface area contributed by atoms with Gasteiger partial charge in [0.1, 0.15) is 5.69 Å². The number of H-pyrrole nitrogens is 1. The number of amides is 1. The number of aromatic amines is 1. The second-order valence-corrected chi connectivity index (χ2v) is 7.78. The Balaban J connectivity index is 1.40. The van der Waals surface area contributed by atoms with E-state index in [2.05, 4.69) is 15.1 Å². The Morgan fingerprint density at radius 2 is 1.87 bits per heavy atom. The van der Waals surface area contributed by atoms with Crippen molar-refractivity contribution < 1.29 is 9.32 Å². The van der Waals surface area contributed by atoms with E-state index in [4.69, 9.17) is 16.1 Å². The largest absolute Gasteiger partial charge is 0.378 e. The molecule has 0 aliphatic carbocycles. The lowest BCUT2D eigenvalue weighted by molar-refractivity contribution is 0.0796. The van der Waals surface area contributed by atoms with Crippen molar-refractivity contribution >= 4 is 34.1 Å². The summed E-state index contributed by atoms with van der Waals surface area (Å²) in [6.45, 7) is 0.482. The minimum atomic E-state index is -0.0449. The maximum absolute atomic E-state index is 12.6. The summed E-state index contributed by atoms with van der Waals surface area (Å²) in [6.07, 6.45) is 0.494. The maximum atomic E-state index is 12.6. The number of benzene rings is 2. The molecule has 2 aromatic heterocycles. The Labute approximate surface area is 179 Å². The molecule has 4 aromatic rings. The third kappa shape index (κ3) is 4.16. The lowest BCUT2D eigenvalue weighted by atomic mass is 10.1. The van der Waals surface area contributed by atoms with Crippen molar-refractivity contribution in [3.8, 4) is 11.6 Å². The summed E-state index contributed by atoms with van der Waals surface area (Å²) >= 11 is 6.04. The van der Waals surface area contributed by atoms with E-state index < -0.39 is 0 Å². The number of fused-ring (bicyclic) bond motifs is 1. The molecule has 0 saturated carbocycles. The maximum Gasteiger partial charge on any atom is 0.274 e. The number of hydrogen-bond donors (Lipinski definition) is 1. The summed E-state index contributed by atoms with van der Waals surface area (Å²) in [5.41, 5.74) is 3.37. The number of rotatable bonds is 6. The molecule has 8 heteroatoms. The number of nitrogens with one attached hydrogen (secondary N) is 1. The second-order valence-electron chi connectivity index (χ2n) is 7.35. The lowest BCUT2D eigenvalue weighted by Gasteiger charge is -2.17. The van der Waals surface area contributed by atoms with Crippen LogP contribution in [0.4, 0.5) is 5.69 Å². The van der Waals surface area contributed by atoms with Crippen molar-refractivity contribution in [2.24, 2.45) is 0 Å². The molecule has 0 spiro atoms. The zero-order valence-corrected chi connectivity index (χ0v) is 17.8. The molecule has 30 heavy (non-hydrogen) atoms. The van der Waals surface area contributed by atoms with Crippen LogP contribution in [-0.4, -0.2) is 53.6 Å². The van der Waals surface area contributed by atoms with Crippen LogP contribution in [0.5, 0.6) is 0 Å². The smallest absolute Gasteiger partial charge is 0.274 e. The van der Waals surface area contributed by atoms with Crippen LogP contribution in [0.2, 0.25) is 5.02 Å². The van der Waals surface area contributed by atoms with E-state index in [0.717, 1.165) is 22.3 Å². The molecule has 7 nitrogen and oxygen atoms in total. The minimum Gasteiger partial charge on any atom is -0.378 e. The lowest BCUT2D eigenvalue weighted by Crippen LogP contribution is -2.29. The molecule has 154 valence electrons. The third-order valence-corrected chi connectivity index (χ3v) is 5.16. The summed E-state index contributed by atoms with van der Waals surface area (Å²) in [4.78, 5) is 24.0. The Morgan fingerprint density at radius 3 is 2.60 bits per heavy atom. The summed E-state index contributed by atoms with van der Waals surface area (Å²) in [7, 11) is 5.70. The van der Waals surface area contributed by atoms with Crippen LogP contribution in [0, 0.1) is 0 Å². The van der Waals surface area contributed by atoms with Crippen molar-refractivity contribution in [3.63, 3.8) is 0 Å². The summed E-state index contributed by atoms with van der Waals surface area (Å²) in [5.74, 6) is 0.909. The van der Waals surface area contributed by atoms with Crippen molar-refractivity contribution in [2.75, 3.05) is 32.6 Å². The van der Waals surface area contributed by atoms with Gasteiger partial charge in [-0.05, 0) is 48.5 Å². The normalized spacial score (nSPS) is 11.1. The van der Waals surface area contributed by atoms with E-state index in [1.807, 2.05) is 67.5 Å². The molecule has 0 atom stereocenters. The van der Waals surface area contributed by atoms with Gasteiger partial charge in [0.2, 0.25) is 0 Å². The van der Waals surface area contributed by atoms with Gasteiger partial charge in [0.15, 0.2) is 5.82 Å². The first-order valence-electron chi connectivity index (χ1n) is 9.55. The fraction of sp³-hybridized carbons (Fsp3) is 0.227. The molecule has 0 bridgehead atoms. The van der Waals surface area contributed by atoms with Gasteiger partial charge in [-0.3, -0.25) is 4.79 Å². The van der Waals surface area contributed by atoms with Crippen molar-refractivity contribution in [1.82, 2.24) is 20.0 Å². The van der Waals surface area contributed by atoms with E-state index >= 15 is 0 Å². The van der Waals surface area contributed by atoms with Crippen LogP contribution in [-0.2, 0) is 6.42 Å². The van der Waals surface area contributed by atoms with Gasteiger partial charge in [0, 0.05) is 61.3 Å². The Bertz CT molecular complexity index is 1180. The topological polar surface area (TPSA) is 78.3 Å². The number of aromatic nitrogens is 3. The third-order valence-electron chi connectivity index (χ3n) is 4.93. The average molecular weight is 424 g/mol. The van der Waals surface area contributed by atoms with Crippen molar-refractivity contribution in [3.05, 3.63) is 64.9 Å². The summed E-state index contributed by atoms with van der Waals surface area (Å²) in [5, 5.41) is 5.68. The van der Waals surface area contributed by atoms with Crippen LogP contribution >= 0.6 is 11.6 Å². The first-order chi connectivity index (χ1) is 14.4. The highest BCUT2D eigenvalue weighted by Gasteiger charge is 2.15. The molecule has 4 rings (SSSR count). The highest BCUT2D eigenvalue weighted by atomic mass is 35.5. The number of likely N-dealkylation sites (N-methyl/N-ethyl adjacent to an activating group) is 1. The van der Waals surface area contributed by atoms with E-state index in [1.165, 1.54) is 0 Å². The van der Waals surface area contributed by atoms with Gasteiger partial charge >= 0.3 is 0 Å². The van der Waals surface area contributed by atoms with E-state index in [-0.39, 0.29) is 5.91 Å². The van der Waals surface area contributed by atoms with Gasteiger partial charge in [-0.2, -0.15) is 4.98 Å². The number of hydrogen-bond acceptors (Lipinski definition) is 5. The van der Waals surface area contributed by atoms with Crippen LogP contribution in [0.3, 0.4) is 0 Å². The van der Waals surface area contributed by atoms with Gasteiger partial charge < -0.3 is 19.3 Å². The van der Waals surface area contributed by atoms with Gasteiger partial charge in [-0.25, -0.2) is 0 Å². The number of halogens is 1. The van der Waals surface area contributed by atoms with E-state index in [0.29, 0.717) is 35.3 Å². The number of carbonyl (C=O) groups is 1. The SMILES string of the molecule is CN(CCc1noc(-c2cc3cc(Cl)ccc3[nH]2)n1)C(=O)c1ccc(N(C)C)cc1. The molecule has 0 fully saturated rings. The van der Waals surface area contributed by atoms with Crippen LogP contribution in [0.25, 0.3) is 22.5 Å². The highest BCUT2D eigenvalue weighted by molar-refractivity contribution is 6.31. The van der Waals surface area contributed by atoms with E-state index in [9.17, 15) is 4.79 Å². The van der Waals surface area contributed by atoms with Gasteiger partial charge in [-0.1, -0.05) is 16.8 Å². The zero-order valence-electron chi connectivity index (χ0n) is 17.0. The Kier molecular flexibility index (Phi) is 5.46. The predicted molar refractivity (Wildman–Crippen MR) is 118 cm³/mol. The number of nitrogens with zero attached hydrogens (tertiary/aromatic N) is 4. The molecule has 0 saturated heterocycles. The van der Waals surface area contributed by atoms with Crippen LogP contribution < -0.4 is 4.90 Å². The van der Waals surface area contributed by atoms with Gasteiger partial charge in [0.25, 0.3) is 11.8 Å². The summed E-state index contributed by atoms with van der Waals surface area (Å²) < 4.78 is 5.39. The van der Waals surface area contributed by atoms with Crippen molar-refractivity contribution in [2.45, 2.75) is 6.42 Å². The molecule has 0 aliphatic heterocycles. The first kappa shape index (κ1) is 20.0. The average Bonchev–Trinajstić information content (AvgIpc) is 3.38. The highest BCUT2D eigenvalue weighted by Crippen LogP contribution is 2.25. The standard InChI is InChI=1S/C22H22ClN5O2/c1-27(2)17-7-4-14(5-8-17)22(29)28(3)11-10-20-25-21(30-26-20)19-13-15-12-16(23)6-9-18(15)24-19/h4-9,12-13,24H,10-11H2,1-3H3.